The van der Waals surface area contributed by atoms with Gasteiger partial charge in [-0.25, -0.2) is 4.98 Å². The minimum Gasteiger partial charge on any atom is -0.356 e. The third-order valence-electron chi connectivity index (χ3n) is 4.65. The highest BCUT2D eigenvalue weighted by Crippen LogP contribution is 2.19. The van der Waals surface area contributed by atoms with E-state index in [0.29, 0.717) is 0 Å². The first kappa shape index (κ1) is 22.6. The lowest BCUT2D eigenvalue weighted by Gasteiger charge is -2.41. The summed E-state index contributed by atoms with van der Waals surface area (Å²) in [6.45, 7) is 11.0. The quantitative estimate of drug-likeness (QED) is 0.272. The van der Waals surface area contributed by atoms with Crippen molar-refractivity contribution < 1.29 is 0 Å². The summed E-state index contributed by atoms with van der Waals surface area (Å²) in [5.41, 5.74) is 1.29. The van der Waals surface area contributed by atoms with E-state index in [1.54, 1.807) is 11.3 Å². The summed E-state index contributed by atoms with van der Waals surface area (Å²) in [5.74, 6) is 0.899. The molecule has 25 heavy (non-hydrogen) atoms. The van der Waals surface area contributed by atoms with E-state index in [-0.39, 0.29) is 29.5 Å². The minimum absolute atomic E-state index is 0. The molecule has 144 valence electrons. The van der Waals surface area contributed by atoms with Crippen molar-refractivity contribution in [3.63, 3.8) is 0 Å². The Bertz CT molecular complexity index is 523. The second-order valence-corrected chi connectivity index (χ2v) is 8.14. The van der Waals surface area contributed by atoms with Gasteiger partial charge < -0.3 is 10.6 Å². The maximum absolute atomic E-state index is 4.51. The Balaban J connectivity index is 0.00000312. The lowest BCUT2D eigenvalue weighted by atomic mass is 9.98. The topological polar surface area (TPSA) is 52.6 Å². The van der Waals surface area contributed by atoms with Crippen LogP contribution in [0.15, 0.2) is 10.4 Å². The van der Waals surface area contributed by atoms with Gasteiger partial charge in [0.25, 0.3) is 0 Å². The fraction of sp³-hybridized carbons (Fsp3) is 0.778. The Morgan fingerprint density at radius 2 is 2.00 bits per heavy atom. The van der Waals surface area contributed by atoms with Gasteiger partial charge in [0.15, 0.2) is 5.96 Å². The molecule has 2 rings (SSSR count). The van der Waals surface area contributed by atoms with E-state index in [1.807, 2.05) is 14.0 Å². The van der Waals surface area contributed by atoms with Crippen LogP contribution in [0, 0.1) is 6.92 Å². The summed E-state index contributed by atoms with van der Waals surface area (Å²) >= 11 is 1.75. The fourth-order valence-corrected chi connectivity index (χ4v) is 3.91. The van der Waals surface area contributed by atoms with E-state index in [9.17, 15) is 0 Å². The van der Waals surface area contributed by atoms with Crippen molar-refractivity contribution in [2.45, 2.75) is 58.4 Å². The Hall–Kier alpha value is -0.410. The number of nitrogens with zero attached hydrogens (tertiary/aromatic N) is 3. The first-order valence-electron chi connectivity index (χ1n) is 9.12. The van der Waals surface area contributed by atoms with Gasteiger partial charge in [-0.3, -0.25) is 9.89 Å². The molecular weight excluding hydrogens is 445 g/mol. The summed E-state index contributed by atoms with van der Waals surface area (Å²) in [5, 5.41) is 10.3. The summed E-state index contributed by atoms with van der Waals surface area (Å²) in [4.78, 5) is 11.5. The van der Waals surface area contributed by atoms with Crippen LogP contribution in [0.2, 0.25) is 0 Å². The molecule has 1 aliphatic rings. The Morgan fingerprint density at radius 3 is 2.60 bits per heavy atom. The zero-order chi connectivity index (χ0) is 17.4. The van der Waals surface area contributed by atoms with Gasteiger partial charge in [-0.2, -0.15) is 0 Å². The smallest absolute Gasteiger partial charge is 0.191 e. The summed E-state index contributed by atoms with van der Waals surface area (Å²) in [6, 6.07) is 0. The lowest BCUT2D eigenvalue weighted by Crippen LogP contribution is -2.54. The van der Waals surface area contributed by atoms with Crippen LogP contribution in [0.1, 0.15) is 50.2 Å². The maximum Gasteiger partial charge on any atom is 0.191 e. The number of aliphatic imine (C=N–C) groups is 1. The van der Waals surface area contributed by atoms with Crippen LogP contribution in [0.4, 0.5) is 0 Å². The van der Waals surface area contributed by atoms with Crippen LogP contribution in [-0.2, 0) is 6.42 Å². The average Bonchev–Trinajstić information content (AvgIpc) is 3.00. The Kier molecular flexibility index (Phi) is 10.3. The molecule has 1 saturated heterocycles. The molecule has 2 heterocycles. The molecule has 0 radical (unpaired) electrons. The largest absolute Gasteiger partial charge is 0.356 e. The van der Waals surface area contributed by atoms with Crippen molar-refractivity contribution in [2.24, 2.45) is 4.99 Å². The van der Waals surface area contributed by atoms with E-state index in [1.165, 1.54) is 37.4 Å². The van der Waals surface area contributed by atoms with Crippen LogP contribution in [0.25, 0.3) is 0 Å². The van der Waals surface area contributed by atoms with E-state index in [4.69, 9.17) is 0 Å². The highest BCUT2D eigenvalue weighted by atomic mass is 127. The van der Waals surface area contributed by atoms with E-state index in [0.717, 1.165) is 37.6 Å². The monoisotopic (exact) mass is 479 g/mol. The maximum atomic E-state index is 4.51. The van der Waals surface area contributed by atoms with Gasteiger partial charge in [-0.1, -0.05) is 6.42 Å². The molecule has 1 aromatic rings. The minimum atomic E-state index is 0. The van der Waals surface area contributed by atoms with Gasteiger partial charge in [-0.15, -0.1) is 35.3 Å². The zero-order valence-corrected chi connectivity index (χ0v) is 19.2. The Labute approximate surface area is 174 Å². The van der Waals surface area contributed by atoms with Gasteiger partial charge >= 0.3 is 0 Å². The zero-order valence-electron chi connectivity index (χ0n) is 16.1. The second kappa shape index (κ2) is 11.3. The molecular formula is C18H34IN5S. The van der Waals surface area contributed by atoms with Crippen LogP contribution < -0.4 is 10.6 Å². The number of halogens is 1. The number of hydrogen-bond acceptors (Lipinski definition) is 4. The predicted molar refractivity (Wildman–Crippen MR) is 119 cm³/mol. The first-order valence-corrected chi connectivity index (χ1v) is 10.00. The van der Waals surface area contributed by atoms with E-state index >= 15 is 0 Å². The molecule has 0 atom stereocenters. The van der Waals surface area contributed by atoms with Crippen LogP contribution >= 0.6 is 35.3 Å². The molecule has 0 unspecified atom stereocenters. The fourth-order valence-electron chi connectivity index (χ4n) is 3.10. The molecule has 0 aromatic carbocycles. The van der Waals surface area contributed by atoms with Crippen LogP contribution in [0.3, 0.4) is 0 Å². The van der Waals surface area contributed by atoms with E-state index in [2.05, 4.69) is 44.7 Å². The normalized spacial score (nSPS) is 16.4. The number of guanidine groups is 1. The number of thiazole rings is 1. The van der Waals surface area contributed by atoms with Crippen LogP contribution in [0.5, 0.6) is 0 Å². The molecule has 2 N–H and O–H groups in total. The molecule has 0 aliphatic carbocycles. The molecule has 7 heteroatoms. The average molecular weight is 479 g/mol. The third-order valence-corrected chi connectivity index (χ3v) is 5.68. The van der Waals surface area contributed by atoms with Gasteiger partial charge in [-0.05, 0) is 53.1 Å². The number of aromatic nitrogens is 1. The van der Waals surface area contributed by atoms with Gasteiger partial charge in [0.2, 0.25) is 0 Å². The van der Waals surface area contributed by atoms with Crippen molar-refractivity contribution >= 4 is 41.3 Å². The van der Waals surface area contributed by atoms with Crippen LogP contribution in [-0.4, -0.2) is 54.6 Å². The Morgan fingerprint density at radius 1 is 1.28 bits per heavy atom. The molecule has 1 aromatic heterocycles. The molecule has 0 bridgehead atoms. The van der Waals surface area contributed by atoms with Crippen molar-refractivity contribution in [3.05, 3.63) is 16.1 Å². The molecule has 0 spiro atoms. The van der Waals surface area contributed by atoms with E-state index < -0.39 is 0 Å². The SMILES string of the molecule is CN=C(NCCCc1nc(C)cs1)NCC(C)(C)N1CCCCC1.I. The third kappa shape index (κ3) is 7.78. The standard InChI is InChI=1S/C18H33N5S.HI/c1-15-13-24-16(22-15)9-8-10-20-17(19-4)21-14-18(2,3)23-11-6-5-7-12-23;/h13H,5-12,14H2,1-4H3,(H2,19,20,21);1H. The van der Waals surface area contributed by atoms with Gasteiger partial charge in [0.05, 0.1) is 5.01 Å². The number of likely N-dealkylation sites (tertiary alicyclic amines) is 1. The molecule has 5 nitrogen and oxygen atoms in total. The van der Waals surface area contributed by atoms with Crippen molar-refractivity contribution in [1.82, 2.24) is 20.5 Å². The summed E-state index contributed by atoms with van der Waals surface area (Å²) < 4.78 is 0. The molecule has 0 amide bonds. The number of nitrogens with one attached hydrogen (secondary N) is 2. The predicted octanol–water partition coefficient (Wildman–Crippen LogP) is 3.43. The number of piperidine rings is 1. The number of aryl methyl sites for hydroxylation is 2. The molecule has 1 fully saturated rings. The lowest BCUT2D eigenvalue weighted by molar-refractivity contribution is 0.0982. The highest BCUT2D eigenvalue weighted by Gasteiger charge is 2.27. The summed E-state index contributed by atoms with van der Waals surface area (Å²) in [7, 11) is 1.84. The molecule has 0 saturated carbocycles. The van der Waals surface area contributed by atoms with Gasteiger partial charge in [0.1, 0.15) is 0 Å². The van der Waals surface area contributed by atoms with Crippen molar-refractivity contribution in [2.75, 3.05) is 33.2 Å². The highest BCUT2D eigenvalue weighted by molar-refractivity contribution is 14.0. The van der Waals surface area contributed by atoms with Crippen molar-refractivity contribution in [1.29, 1.82) is 0 Å². The summed E-state index contributed by atoms with van der Waals surface area (Å²) in [6.07, 6.45) is 6.13. The molecule has 1 aliphatic heterocycles. The van der Waals surface area contributed by atoms with Gasteiger partial charge in [0, 0.05) is 43.2 Å². The first-order chi connectivity index (χ1) is 11.5. The number of rotatable bonds is 7. The second-order valence-electron chi connectivity index (χ2n) is 7.20. The van der Waals surface area contributed by atoms with Crippen molar-refractivity contribution in [3.8, 4) is 0 Å². The number of hydrogen-bond donors (Lipinski definition) is 2.